The second-order valence-corrected chi connectivity index (χ2v) is 12.1. The number of halogens is 3. The van der Waals surface area contributed by atoms with Crippen LogP contribution in [0.2, 0.25) is 0 Å². The molecule has 2 aromatic carbocycles. The van der Waals surface area contributed by atoms with E-state index in [0.717, 1.165) is 31.1 Å². The number of nitrogens with zero attached hydrogens (tertiary/aromatic N) is 4. The fraction of sp³-hybridized carbons (Fsp3) is 0.429. The number of hydrogen-bond acceptors (Lipinski definition) is 6. The second-order valence-electron chi connectivity index (χ2n) is 10.5. The highest BCUT2D eigenvalue weighted by molar-refractivity contribution is 7.92. The summed E-state index contributed by atoms with van der Waals surface area (Å²) in [5, 5.41) is 0. The highest BCUT2D eigenvalue weighted by Crippen LogP contribution is 2.36. The summed E-state index contributed by atoms with van der Waals surface area (Å²) in [6.45, 7) is 5.05. The third-order valence-corrected chi connectivity index (χ3v) is 9.20. The number of aryl methyl sites for hydroxylation is 3. The Morgan fingerprint density at radius 3 is 2.44 bits per heavy atom. The highest BCUT2D eigenvalue weighted by atomic mass is 32.2. The molecule has 0 saturated carbocycles. The van der Waals surface area contributed by atoms with E-state index in [1.807, 2.05) is 26.2 Å². The minimum absolute atomic E-state index is 0.195. The summed E-state index contributed by atoms with van der Waals surface area (Å²) in [7, 11) is 0.170. The van der Waals surface area contributed by atoms with Crippen LogP contribution < -0.4 is 9.62 Å². The van der Waals surface area contributed by atoms with Gasteiger partial charge in [-0.3, -0.25) is 4.72 Å². The number of likely N-dealkylation sites (N-methyl/N-ethyl adjacent to an activating group) is 1. The van der Waals surface area contributed by atoms with Crippen molar-refractivity contribution in [2.45, 2.75) is 56.1 Å². The van der Waals surface area contributed by atoms with Crippen molar-refractivity contribution in [1.82, 2.24) is 14.9 Å². The highest BCUT2D eigenvalue weighted by Gasteiger charge is 2.38. The molecule has 1 N–H and O–H groups in total. The molecule has 1 aliphatic heterocycles. The van der Waals surface area contributed by atoms with Crippen LogP contribution in [0.4, 0.5) is 24.7 Å². The van der Waals surface area contributed by atoms with Gasteiger partial charge in [0.05, 0.1) is 10.5 Å². The number of piperidine rings is 1. The Balaban J connectivity index is 1.56. The molecule has 1 aliphatic rings. The molecule has 0 aliphatic carbocycles. The number of anilines is 2. The number of hydrogen-bond donors (Lipinski definition) is 1. The third-order valence-electron chi connectivity index (χ3n) is 7.54. The van der Waals surface area contributed by atoms with Crippen LogP contribution in [0, 0.1) is 13.8 Å². The normalized spacial score (nSPS) is 18.4. The van der Waals surface area contributed by atoms with Crippen LogP contribution in [0.25, 0.3) is 0 Å². The van der Waals surface area contributed by atoms with Gasteiger partial charge in [0, 0.05) is 30.5 Å². The van der Waals surface area contributed by atoms with Crippen LogP contribution in [-0.2, 0) is 22.6 Å². The molecule has 4 rings (SSSR count). The lowest BCUT2D eigenvalue weighted by Crippen LogP contribution is -2.56. The number of sulfonamides is 1. The van der Waals surface area contributed by atoms with Crippen LogP contribution in [0.15, 0.2) is 59.9 Å². The van der Waals surface area contributed by atoms with E-state index in [-0.39, 0.29) is 16.3 Å². The first-order chi connectivity index (χ1) is 18.3. The summed E-state index contributed by atoms with van der Waals surface area (Å²) in [5.41, 5.74) is 1.97. The van der Waals surface area contributed by atoms with Crippen molar-refractivity contribution in [3.05, 3.63) is 77.2 Å². The Morgan fingerprint density at radius 1 is 1.10 bits per heavy atom. The number of aromatic nitrogens is 2. The van der Waals surface area contributed by atoms with Gasteiger partial charge in [0.2, 0.25) is 0 Å². The summed E-state index contributed by atoms with van der Waals surface area (Å²) >= 11 is 0. The predicted molar refractivity (Wildman–Crippen MR) is 146 cm³/mol. The van der Waals surface area contributed by atoms with Gasteiger partial charge in [-0.2, -0.15) is 13.2 Å². The van der Waals surface area contributed by atoms with E-state index in [4.69, 9.17) is 0 Å². The molecular weight excluding hydrogens is 527 g/mol. The minimum atomic E-state index is -4.36. The van der Waals surface area contributed by atoms with Crippen LogP contribution in [0.5, 0.6) is 0 Å². The topological polar surface area (TPSA) is 78.4 Å². The van der Waals surface area contributed by atoms with Gasteiger partial charge < -0.3 is 9.80 Å². The van der Waals surface area contributed by atoms with Crippen molar-refractivity contribution >= 4 is 21.5 Å². The lowest BCUT2D eigenvalue weighted by atomic mass is 9.82. The standard InChI is InChI=1S/C28H34F3N5O2S/c1-20-15-24(16-21(2)26(20)39(37,38)34-25-10-13-32-19-33-25)36-14-6-11-27(18-36,35(3)4)12-9-22-7-5-8-23(17-22)28(29,30)31/h5,7-8,10,13,15-17,19H,6,9,11-12,14,18H2,1-4H3,(H,32,33,34)/t27-/m1/s1. The number of rotatable bonds is 8. The molecule has 0 unspecified atom stereocenters. The zero-order valence-corrected chi connectivity index (χ0v) is 23.4. The molecule has 0 amide bonds. The van der Waals surface area contributed by atoms with Crippen LogP contribution in [0.1, 0.15) is 41.5 Å². The van der Waals surface area contributed by atoms with E-state index in [1.165, 1.54) is 30.7 Å². The van der Waals surface area contributed by atoms with Crippen LogP contribution in [-0.4, -0.2) is 56.0 Å². The maximum absolute atomic E-state index is 13.2. The predicted octanol–water partition coefficient (Wildman–Crippen LogP) is 5.45. The van der Waals surface area contributed by atoms with Gasteiger partial charge in [-0.25, -0.2) is 18.4 Å². The first kappa shape index (κ1) is 28.8. The lowest BCUT2D eigenvalue weighted by Gasteiger charge is -2.48. The molecule has 1 atom stereocenters. The van der Waals surface area contributed by atoms with Crippen molar-refractivity contribution in [2.75, 3.05) is 36.8 Å². The van der Waals surface area contributed by atoms with Crippen molar-refractivity contribution in [2.24, 2.45) is 0 Å². The van der Waals surface area contributed by atoms with Crippen LogP contribution >= 0.6 is 0 Å². The molecular formula is C28H34F3N5O2S. The first-order valence-corrected chi connectivity index (χ1v) is 14.3. The monoisotopic (exact) mass is 561 g/mol. The van der Waals surface area contributed by atoms with Crippen LogP contribution in [0.3, 0.4) is 0 Å². The maximum atomic E-state index is 13.2. The molecule has 11 heteroatoms. The first-order valence-electron chi connectivity index (χ1n) is 12.8. The summed E-state index contributed by atoms with van der Waals surface area (Å²) in [4.78, 5) is 12.4. The largest absolute Gasteiger partial charge is 0.416 e. The number of alkyl halides is 3. The third kappa shape index (κ3) is 6.52. The van der Waals surface area contributed by atoms with Gasteiger partial charge in [0.1, 0.15) is 12.1 Å². The Bertz CT molecular complexity index is 1390. The average molecular weight is 562 g/mol. The molecule has 39 heavy (non-hydrogen) atoms. The van der Waals surface area contributed by atoms with E-state index >= 15 is 0 Å². The fourth-order valence-corrected chi connectivity index (χ4v) is 6.94. The summed E-state index contributed by atoms with van der Waals surface area (Å²) in [6.07, 6.45) is 1.44. The van der Waals surface area contributed by atoms with Crippen molar-refractivity contribution in [3.63, 3.8) is 0 Å². The Hall–Kier alpha value is -3.18. The van der Waals surface area contributed by atoms with Gasteiger partial charge in [-0.1, -0.05) is 18.2 Å². The van der Waals surface area contributed by atoms with Gasteiger partial charge in [-0.15, -0.1) is 0 Å². The smallest absolute Gasteiger partial charge is 0.370 e. The quantitative estimate of drug-likeness (QED) is 0.394. The SMILES string of the molecule is Cc1cc(N2CCC[C@](CCc3cccc(C(F)(F)F)c3)(N(C)C)C2)cc(C)c1S(=O)(=O)Nc1ccncn1. The van der Waals surface area contributed by atoms with Crippen molar-refractivity contribution in [3.8, 4) is 0 Å². The lowest BCUT2D eigenvalue weighted by molar-refractivity contribution is -0.137. The maximum Gasteiger partial charge on any atom is 0.416 e. The Labute approximate surface area is 228 Å². The van der Waals surface area contributed by atoms with Crippen molar-refractivity contribution < 1.29 is 21.6 Å². The molecule has 0 bridgehead atoms. The summed E-state index contributed by atoms with van der Waals surface area (Å²) in [5.74, 6) is 0.195. The van der Waals surface area contributed by atoms with E-state index < -0.39 is 21.8 Å². The average Bonchev–Trinajstić information content (AvgIpc) is 2.87. The molecule has 0 radical (unpaired) electrons. The number of benzene rings is 2. The van der Waals surface area contributed by atoms with E-state index in [9.17, 15) is 21.6 Å². The molecule has 210 valence electrons. The molecule has 0 spiro atoms. The second kappa shape index (κ2) is 11.1. The molecule has 3 aromatic rings. The molecule has 7 nitrogen and oxygen atoms in total. The van der Waals surface area contributed by atoms with E-state index in [0.29, 0.717) is 36.1 Å². The summed E-state index contributed by atoms with van der Waals surface area (Å²) in [6, 6.07) is 10.8. The zero-order chi connectivity index (χ0) is 28.4. The molecule has 1 saturated heterocycles. The Morgan fingerprint density at radius 2 is 1.82 bits per heavy atom. The van der Waals surface area contributed by atoms with E-state index in [1.54, 1.807) is 19.9 Å². The Kier molecular flexibility index (Phi) is 8.22. The van der Waals surface area contributed by atoms with Gasteiger partial charge in [0.25, 0.3) is 10.0 Å². The van der Waals surface area contributed by atoms with Crippen molar-refractivity contribution in [1.29, 1.82) is 0 Å². The van der Waals surface area contributed by atoms with Gasteiger partial charge in [0.15, 0.2) is 0 Å². The molecule has 2 heterocycles. The van der Waals surface area contributed by atoms with E-state index in [2.05, 4.69) is 24.5 Å². The zero-order valence-electron chi connectivity index (χ0n) is 22.6. The minimum Gasteiger partial charge on any atom is -0.370 e. The fourth-order valence-electron chi connectivity index (χ4n) is 5.48. The van der Waals surface area contributed by atoms with Gasteiger partial charge >= 0.3 is 6.18 Å². The number of nitrogens with one attached hydrogen (secondary N) is 1. The molecule has 1 aromatic heterocycles. The van der Waals surface area contributed by atoms with Gasteiger partial charge in [-0.05, 0) is 94.6 Å². The molecule has 1 fully saturated rings. The summed E-state index contributed by atoms with van der Waals surface area (Å²) < 4.78 is 68.5.